The van der Waals surface area contributed by atoms with Crippen molar-refractivity contribution in [3.8, 4) is 0 Å². The Kier molecular flexibility index (Phi) is 4.29. The maximum absolute atomic E-state index is 4.75. The summed E-state index contributed by atoms with van der Waals surface area (Å²) >= 11 is 0. The van der Waals surface area contributed by atoms with Crippen molar-refractivity contribution in [2.75, 3.05) is 7.11 Å². The molecule has 0 N–H and O–H groups in total. The topological polar surface area (TPSA) is 21.6 Å². The summed E-state index contributed by atoms with van der Waals surface area (Å²) in [5.74, 6) is 0.440. The summed E-state index contributed by atoms with van der Waals surface area (Å²) in [4.78, 5) is 4.00. The average Bonchev–Trinajstić information content (AvgIpc) is 1.88. The second kappa shape index (κ2) is 4.79. The number of nitrogens with zero attached hydrogens (tertiary/aromatic N) is 1. The lowest BCUT2D eigenvalue weighted by atomic mass is 10.4. The molecule has 0 amide bonds. The van der Waals surface area contributed by atoms with Gasteiger partial charge >= 0.3 is 0 Å². The molecule has 0 saturated carbocycles. The third-order valence-corrected chi connectivity index (χ3v) is 0.945. The first kappa shape index (κ1) is 8.95. The molecule has 0 saturated heterocycles. The predicted molar refractivity (Wildman–Crippen MR) is 44.1 cm³/mol. The van der Waals surface area contributed by atoms with Gasteiger partial charge < -0.3 is 4.74 Å². The van der Waals surface area contributed by atoms with Crippen LogP contribution in [0.3, 0.4) is 0 Å². The number of hydrogen-bond acceptors (Lipinski definition) is 2. The molecule has 0 aromatic carbocycles. The fourth-order valence-corrected chi connectivity index (χ4v) is 0.521. The summed E-state index contributed by atoms with van der Waals surface area (Å²) in [6.45, 7) is 7.38. The predicted octanol–water partition coefficient (Wildman–Crippen LogP) is 2.14. The van der Waals surface area contributed by atoms with Gasteiger partial charge in [-0.15, -0.1) is 0 Å². The Morgan fingerprint density at radius 1 is 1.60 bits per heavy atom. The van der Waals surface area contributed by atoms with Crippen LogP contribution in [0.15, 0.2) is 29.6 Å². The van der Waals surface area contributed by atoms with Crippen LogP contribution in [-0.2, 0) is 4.74 Å². The number of aliphatic imine (C=N–C) groups is 1. The van der Waals surface area contributed by atoms with E-state index in [-0.39, 0.29) is 0 Å². The van der Waals surface area contributed by atoms with Gasteiger partial charge in [-0.25, -0.2) is 4.99 Å². The van der Waals surface area contributed by atoms with Crippen LogP contribution < -0.4 is 0 Å². The largest absolute Gasteiger partial charge is 0.481 e. The molecule has 0 unspecified atom stereocenters. The number of rotatable bonds is 3. The van der Waals surface area contributed by atoms with Crippen LogP contribution in [0.1, 0.15) is 13.8 Å². The monoisotopic (exact) mass is 139 g/mol. The first-order chi connectivity index (χ1) is 4.70. The smallest absolute Gasteiger partial charge is 0.205 e. The van der Waals surface area contributed by atoms with Gasteiger partial charge in [0.1, 0.15) is 0 Å². The van der Waals surface area contributed by atoms with E-state index in [0.29, 0.717) is 5.88 Å². The van der Waals surface area contributed by atoms with Crippen LogP contribution in [0.4, 0.5) is 0 Å². The molecule has 56 valence electrons. The van der Waals surface area contributed by atoms with Crippen LogP contribution in [-0.4, -0.2) is 12.8 Å². The minimum atomic E-state index is 0.440. The van der Waals surface area contributed by atoms with Crippen LogP contribution in [0.5, 0.6) is 0 Å². The highest BCUT2D eigenvalue weighted by Crippen LogP contribution is 1.93. The molecule has 0 bridgehead atoms. The van der Waals surface area contributed by atoms with E-state index in [1.54, 1.807) is 7.11 Å². The zero-order chi connectivity index (χ0) is 7.98. The minimum Gasteiger partial charge on any atom is -0.481 e. The van der Waals surface area contributed by atoms with Crippen molar-refractivity contribution < 1.29 is 4.74 Å². The molecule has 2 nitrogen and oxygen atoms in total. The van der Waals surface area contributed by atoms with E-state index in [4.69, 9.17) is 4.74 Å². The molecule has 0 aliphatic heterocycles. The highest BCUT2D eigenvalue weighted by molar-refractivity contribution is 5.93. The minimum absolute atomic E-state index is 0.440. The first-order valence-electron chi connectivity index (χ1n) is 3.11. The standard InChI is InChI=1S/C8H13NO/c1-5-6-7(2)9-8(3)10-4/h5-6H,3H2,1-2,4H3/b6-5-,9-7?. The van der Waals surface area contributed by atoms with Crippen LogP contribution >= 0.6 is 0 Å². The zero-order valence-electron chi connectivity index (χ0n) is 6.72. The van der Waals surface area contributed by atoms with Crippen LogP contribution in [0, 0.1) is 0 Å². The molecule has 0 rings (SSSR count). The van der Waals surface area contributed by atoms with E-state index in [1.165, 1.54) is 0 Å². The van der Waals surface area contributed by atoms with E-state index < -0.39 is 0 Å². The summed E-state index contributed by atoms with van der Waals surface area (Å²) in [6, 6.07) is 0. The van der Waals surface area contributed by atoms with Gasteiger partial charge in [0, 0.05) is 5.71 Å². The fourth-order valence-electron chi connectivity index (χ4n) is 0.521. The third-order valence-electron chi connectivity index (χ3n) is 0.945. The summed E-state index contributed by atoms with van der Waals surface area (Å²) in [7, 11) is 1.55. The molecule has 0 aromatic heterocycles. The molecule has 0 radical (unpaired) electrons. The highest BCUT2D eigenvalue weighted by Gasteiger charge is 1.85. The van der Waals surface area contributed by atoms with E-state index in [0.717, 1.165) is 5.71 Å². The maximum Gasteiger partial charge on any atom is 0.205 e. The Morgan fingerprint density at radius 2 is 2.20 bits per heavy atom. The molecule has 0 aliphatic rings. The summed E-state index contributed by atoms with van der Waals surface area (Å²) in [6.07, 6.45) is 3.81. The molecule has 0 fully saturated rings. The van der Waals surface area contributed by atoms with Gasteiger partial charge in [-0.05, 0) is 26.5 Å². The van der Waals surface area contributed by atoms with Gasteiger partial charge in [-0.2, -0.15) is 0 Å². The van der Waals surface area contributed by atoms with Crippen molar-refractivity contribution in [2.45, 2.75) is 13.8 Å². The normalized spacial score (nSPS) is 12.1. The van der Waals surface area contributed by atoms with E-state index >= 15 is 0 Å². The number of methoxy groups -OCH3 is 1. The Labute approximate surface area is 61.9 Å². The number of ether oxygens (including phenoxy) is 1. The Balaban J connectivity index is 4.02. The van der Waals surface area contributed by atoms with E-state index in [9.17, 15) is 0 Å². The van der Waals surface area contributed by atoms with E-state index in [1.807, 2.05) is 26.0 Å². The number of allylic oxidation sites excluding steroid dienone is 2. The molecule has 0 atom stereocenters. The summed E-state index contributed by atoms with van der Waals surface area (Å²) in [5.41, 5.74) is 0.898. The fraction of sp³-hybridized carbons (Fsp3) is 0.375. The van der Waals surface area contributed by atoms with Gasteiger partial charge in [0.2, 0.25) is 5.88 Å². The van der Waals surface area contributed by atoms with Crippen molar-refractivity contribution >= 4 is 5.71 Å². The van der Waals surface area contributed by atoms with Crippen LogP contribution in [0.2, 0.25) is 0 Å². The van der Waals surface area contributed by atoms with Gasteiger partial charge in [-0.1, -0.05) is 6.08 Å². The van der Waals surface area contributed by atoms with Crippen molar-refractivity contribution in [2.24, 2.45) is 4.99 Å². The molecule has 0 aromatic rings. The quantitative estimate of drug-likeness (QED) is 0.433. The lowest BCUT2D eigenvalue weighted by Gasteiger charge is -1.95. The second-order valence-corrected chi connectivity index (χ2v) is 1.85. The average molecular weight is 139 g/mol. The van der Waals surface area contributed by atoms with Crippen molar-refractivity contribution in [3.63, 3.8) is 0 Å². The van der Waals surface area contributed by atoms with Crippen LogP contribution in [0.25, 0.3) is 0 Å². The maximum atomic E-state index is 4.75. The van der Waals surface area contributed by atoms with Gasteiger partial charge in [0.05, 0.1) is 7.11 Å². The molecular weight excluding hydrogens is 126 g/mol. The Bertz CT molecular complexity index is 168. The first-order valence-corrected chi connectivity index (χ1v) is 3.11. The Morgan fingerprint density at radius 3 is 2.60 bits per heavy atom. The van der Waals surface area contributed by atoms with Crippen molar-refractivity contribution in [1.29, 1.82) is 0 Å². The van der Waals surface area contributed by atoms with Crippen molar-refractivity contribution in [1.82, 2.24) is 0 Å². The van der Waals surface area contributed by atoms with Gasteiger partial charge in [0.15, 0.2) is 0 Å². The second-order valence-electron chi connectivity index (χ2n) is 1.85. The molecule has 0 aliphatic carbocycles. The highest BCUT2D eigenvalue weighted by atomic mass is 16.5. The van der Waals surface area contributed by atoms with Crippen molar-refractivity contribution in [3.05, 3.63) is 24.6 Å². The van der Waals surface area contributed by atoms with Gasteiger partial charge in [-0.3, -0.25) is 0 Å². The molecule has 2 heteroatoms. The summed E-state index contributed by atoms with van der Waals surface area (Å²) < 4.78 is 4.75. The lowest BCUT2D eigenvalue weighted by molar-refractivity contribution is 0.290. The molecule has 0 spiro atoms. The summed E-state index contributed by atoms with van der Waals surface area (Å²) in [5, 5.41) is 0. The van der Waals surface area contributed by atoms with Gasteiger partial charge in [0.25, 0.3) is 0 Å². The lowest BCUT2D eigenvalue weighted by Crippen LogP contribution is -1.87. The SMILES string of the molecule is C=C(N=C(C)/C=C\C)OC. The number of hydrogen-bond donors (Lipinski definition) is 0. The molecule has 0 heterocycles. The third kappa shape index (κ3) is 3.89. The molecular formula is C8H13NO. The van der Waals surface area contributed by atoms with E-state index in [2.05, 4.69) is 11.6 Å². The Hall–Kier alpha value is -1.05. The molecule has 10 heavy (non-hydrogen) atoms. The zero-order valence-corrected chi connectivity index (χ0v) is 6.72.